The van der Waals surface area contributed by atoms with Crippen LogP contribution in [0.2, 0.25) is 0 Å². The minimum absolute atomic E-state index is 0.0194. The molecule has 0 spiro atoms. The molecule has 0 aliphatic carbocycles. The predicted octanol–water partition coefficient (Wildman–Crippen LogP) is 2.99. The Morgan fingerprint density at radius 1 is 1.20 bits per heavy atom. The zero-order chi connectivity index (χ0) is 17.6. The second-order valence-corrected chi connectivity index (χ2v) is 6.48. The lowest BCUT2D eigenvalue weighted by Crippen LogP contribution is -2.47. The van der Waals surface area contributed by atoms with Crippen molar-refractivity contribution in [1.82, 2.24) is 4.90 Å². The van der Waals surface area contributed by atoms with E-state index in [1.54, 1.807) is 12.1 Å². The summed E-state index contributed by atoms with van der Waals surface area (Å²) in [4.78, 5) is 2.32. The molecule has 2 N–H and O–H groups in total. The van der Waals surface area contributed by atoms with Crippen LogP contribution in [0.3, 0.4) is 0 Å². The van der Waals surface area contributed by atoms with Crippen LogP contribution in [-0.4, -0.2) is 35.7 Å². The molecule has 0 amide bonds. The fourth-order valence-electron chi connectivity index (χ4n) is 3.43. The third kappa shape index (κ3) is 4.16. The zero-order valence-corrected chi connectivity index (χ0v) is 14.0. The summed E-state index contributed by atoms with van der Waals surface area (Å²) in [6.07, 6.45) is 0.833. The van der Waals surface area contributed by atoms with Crippen molar-refractivity contribution in [3.63, 3.8) is 0 Å². The summed E-state index contributed by atoms with van der Waals surface area (Å²) in [5.74, 6) is -0.484. The van der Waals surface area contributed by atoms with E-state index in [-0.39, 0.29) is 24.1 Å². The Morgan fingerprint density at radius 3 is 2.72 bits per heavy atom. The normalized spacial score (nSPS) is 20.8. The van der Waals surface area contributed by atoms with E-state index in [2.05, 4.69) is 22.3 Å². The summed E-state index contributed by atoms with van der Waals surface area (Å²) in [5, 5.41) is 22.2. The zero-order valence-electron chi connectivity index (χ0n) is 14.0. The van der Waals surface area contributed by atoms with Crippen molar-refractivity contribution in [3.05, 3.63) is 65.5 Å². The Labute approximate surface area is 147 Å². The lowest BCUT2D eigenvalue weighted by molar-refractivity contribution is 0.105. The molecule has 4 nitrogen and oxygen atoms in total. The summed E-state index contributed by atoms with van der Waals surface area (Å²) in [6, 6.07) is 16.8. The Kier molecular flexibility index (Phi) is 5.64. The molecule has 1 fully saturated rings. The van der Waals surface area contributed by atoms with Gasteiger partial charge in [0.05, 0.1) is 5.69 Å². The van der Waals surface area contributed by atoms with Crippen LogP contribution in [0.1, 0.15) is 17.5 Å². The van der Waals surface area contributed by atoms with E-state index < -0.39 is 5.82 Å². The molecule has 1 saturated heterocycles. The number of piperidine rings is 1. The first-order chi connectivity index (χ1) is 12.2. The molecule has 130 valence electrons. The first-order valence-corrected chi connectivity index (χ1v) is 8.53. The van der Waals surface area contributed by atoms with Crippen LogP contribution in [0.25, 0.3) is 0 Å². The minimum atomic E-state index is -0.519. The van der Waals surface area contributed by atoms with Crippen molar-refractivity contribution in [2.45, 2.75) is 19.0 Å². The number of halogens is 1. The topological polar surface area (TPSA) is 59.3 Å². The third-order valence-corrected chi connectivity index (χ3v) is 4.77. The number of rotatable bonds is 5. The number of hydrogen-bond donors (Lipinski definition) is 2. The van der Waals surface area contributed by atoms with E-state index in [0.29, 0.717) is 5.69 Å². The molecule has 5 heteroatoms. The molecular weight excluding hydrogens is 317 g/mol. The number of benzene rings is 2. The van der Waals surface area contributed by atoms with Gasteiger partial charge in [0.2, 0.25) is 0 Å². The number of aliphatic hydroxyl groups excluding tert-OH is 1. The standard InChI is InChI=1S/C20H22FN3O/c21-18-7-4-8-20(17(18)11-22)23-19-9-10-24(13-16(19)14-25)12-15-5-2-1-3-6-15/h1-8,16,19,23,25H,9-10,12-14H2/t16-,19+/m0/s1. The van der Waals surface area contributed by atoms with Gasteiger partial charge in [-0.3, -0.25) is 4.90 Å². The van der Waals surface area contributed by atoms with E-state index in [0.717, 1.165) is 26.1 Å². The van der Waals surface area contributed by atoms with Gasteiger partial charge in [-0.05, 0) is 24.1 Å². The molecule has 0 bridgehead atoms. The highest BCUT2D eigenvalue weighted by Gasteiger charge is 2.29. The number of anilines is 1. The number of nitrogens with zero attached hydrogens (tertiary/aromatic N) is 2. The number of nitrogens with one attached hydrogen (secondary N) is 1. The molecule has 0 aromatic heterocycles. The maximum Gasteiger partial charge on any atom is 0.143 e. The third-order valence-electron chi connectivity index (χ3n) is 4.77. The van der Waals surface area contributed by atoms with E-state index >= 15 is 0 Å². The van der Waals surface area contributed by atoms with Crippen molar-refractivity contribution in [2.24, 2.45) is 5.92 Å². The van der Waals surface area contributed by atoms with Crippen molar-refractivity contribution in [3.8, 4) is 6.07 Å². The maximum atomic E-state index is 13.8. The molecule has 2 atom stereocenters. The smallest absolute Gasteiger partial charge is 0.143 e. The molecular formula is C20H22FN3O. The van der Waals surface area contributed by atoms with Crippen LogP contribution in [0.4, 0.5) is 10.1 Å². The van der Waals surface area contributed by atoms with E-state index in [9.17, 15) is 14.8 Å². The second kappa shape index (κ2) is 8.11. The molecule has 1 aliphatic heterocycles. The van der Waals surface area contributed by atoms with Crippen LogP contribution in [-0.2, 0) is 6.54 Å². The van der Waals surface area contributed by atoms with Gasteiger partial charge in [0.25, 0.3) is 0 Å². The van der Waals surface area contributed by atoms with Gasteiger partial charge in [-0.2, -0.15) is 5.26 Å². The van der Waals surface area contributed by atoms with Gasteiger partial charge in [-0.25, -0.2) is 4.39 Å². The first-order valence-electron chi connectivity index (χ1n) is 8.53. The van der Waals surface area contributed by atoms with Gasteiger partial charge in [0, 0.05) is 38.2 Å². The Morgan fingerprint density at radius 2 is 2.00 bits per heavy atom. The number of likely N-dealkylation sites (tertiary alicyclic amines) is 1. The van der Waals surface area contributed by atoms with Crippen molar-refractivity contribution in [1.29, 1.82) is 5.26 Å². The Hall–Kier alpha value is -2.42. The average Bonchev–Trinajstić information content (AvgIpc) is 2.64. The molecule has 2 aromatic rings. The molecule has 2 aromatic carbocycles. The van der Waals surface area contributed by atoms with Gasteiger partial charge >= 0.3 is 0 Å². The second-order valence-electron chi connectivity index (χ2n) is 6.48. The monoisotopic (exact) mass is 339 g/mol. The summed E-state index contributed by atoms with van der Waals surface area (Å²) < 4.78 is 13.8. The highest BCUT2D eigenvalue weighted by molar-refractivity contribution is 5.58. The molecule has 1 heterocycles. The molecule has 3 rings (SSSR count). The SMILES string of the molecule is N#Cc1c(F)cccc1N[C@@H]1CCN(Cc2ccccc2)C[C@H]1CO. The fourth-order valence-corrected chi connectivity index (χ4v) is 3.43. The largest absolute Gasteiger partial charge is 0.396 e. The van der Waals surface area contributed by atoms with Gasteiger partial charge in [-0.1, -0.05) is 36.4 Å². The van der Waals surface area contributed by atoms with Crippen LogP contribution >= 0.6 is 0 Å². The predicted molar refractivity (Wildman–Crippen MR) is 95.4 cm³/mol. The molecule has 0 saturated carbocycles. The van der Waals surface area contributed by atoms with Gasteiger partial charge in [-0.15, -0.1) is 0 Å². The van der Waals surface area contributed by atoms with Gasteiger partial charge in [0.1, 0.15) is 17.4 Å². The summed E-state index contributed by atoms with van der Waals surface area (Å²) >= 11 is 0. The number of nitriles is 1. The van der Waals surface area contributed by atoms with Gasteiger partial charge in [0.15, 0.2) is 0 Å². The highest BCUT2D eigenvalue weighted by Crippen LogP contribution is 2.25. The van der Waals surface area contributed by atoms with Crippen LogP contribution in [0.5, 0.6) is 0 Å². The quantitative estimate of drug-likeness (QED) is 0.879. The molecule has 25 heavy (non-hydrogen) atoms. The summed E-state index contributed by atoms with van der Waals surface area (Å²) in [5.41, 5.74) is 1.79. The fraction of sp³-hybridized carbons (Fsp3) is 0.350. The maximum absolute atomic E-state index is 13.8. The first kappa shape index (κ1) is 17.4. The van der Waals surface area contributed by atoms with E-state index in [4.69, 9.17) is 0 Å². The summed E-state index contributed by atoms with van der Waals surface area (Å²) in [6.45, 7) is 2.56. The van der Waals surface area contributed by atoms with Crippen LogP contribution in [0, 0.1) is 23.1 Å². The minimum Gasteiger partial charge on any atom is -0.396 e. The van der Waals surface area contributed by atoms with Crippen molar-refractivity contribution < 1.29 is 9.50 Å². The molecule has 0 unspecified atom stereocenters. The summed E-state index contributed by atoms with van der Waals surface area (Å²) in [7, 11) is 0. The number of hydrogen-bond acceptors (Lipinski definition) is 4. The van der Waals surface area contributed by atoms with E-state index in [1.165, 1.54) is 11.6 Å². The number of aliphatic hydroxyl groups is 1. The molecule has 0 radical (unpaired) electrons. The average molecular weight is 339 g/mol. The van der Waals surface area contributed by atoms with Crippen LogP contribution < -0.4 is 5.32 Å². The Bertz CT molecular complexity index is 744. The Balaban J connectivity index is 1.67. The van der Waals surface area contributed by atoms with Crippen LogP contribution in [0.15, 0.2) is 48.5 Å². The van der Waals surface area contributed by atoms with E-state index in [1.807, 2.05) is 24.3 Å². The highest BCUT2D eigenvalue weighted by atomic mass is 19.1. The van der Waals surface area contributed by atoms with Gasteiger partial charge < -0.3 is 10.4 Å². The molecule has 1 aliphatic rings. The van der Waals surface area contributed by atoms with Crippen molar-refractivity contribution >= 4 is 5.69 Å². The lowest BCUT2D eigenvalue weighted by Gasteiger charge is -2.38. The lowest BCUT2D eigenvalue weighted by atomic mass is 9.91. The van der Waals surface area contributed by atoms with Crippen molar-refractivity contribution in [2.75, 3.05) is 25.0 Å².